The Hall–Kier alpha value is -4.06. The van der Waals surface area contributed by atoms with Crippen LogP contribution in [0.1, 0.15) is 36.6 Å². The predicted octanol–water partition coefficient (Wildman–Crippen LogP) is 5.42. The number of carbonyl (C=O) groups excluding carboxylic acids is 2. The molecule has 34 heavy (non-hydrogen) atoms. The zero-order valence-corrected chi connectivity index (χ0v) is 19.4. The molecule has 1 N–H and O–H groups in total. The van der Waals surface area contributed by atoms with Gasteiger partial charge in [-0.1, -0.05) is 24.3 Å². The molecular formula is C28H27NO5. The third kappa shape index (κ3) is 4.39. The Bertz CT molecular complexity index is 1250. The number of hydrogen-bond donors (Lipinski definition) is 1. The maximum absolute atomic E-state index is 13.3. The molecule has 174 valence electrons. The lowest BCUT2D eigenvalue weighted by atomic mass is 9.95. The minimum atomic E-state index is -0.811. The standard InChI is InChI=1S/C28H27NO5/c1-4-33-22-14-12-19(13-15-22)26(30)24-25(20-9-7-11-23(17-20)34-5-2)29(28(32)27(24)31)21-10-6-8-18(3)16-21/h6-17,25,30H,4-5H2,1-3H3/b26-24+. The molecule has 1 unspecified atom stereocenters. The molecule has 1 aliphatic rings. The quantitative estimate of drug-likeness (QED) is 0.291. The molecule has 1 heterocycles. The minimum Gasteiger partial charge on any atom is -0.507 e. The van der Waals surface area contributed by atoms with Crippen LogP contribution in [0.25, 0.3) is 5.76 Å². The number of hydrogen-bond acceptors (Lipinski definition) is 5. The molecule has 1 fully saturated rings. The van der Waals surface area contributed by atoms with E-state index in [9.17, 15) is 14.7 Å². The molecule has 0 aromatic heterocycles. The van der Waals surface area contributed by atoms with Crippen LogP contribution in [0.15, 0.2) is 78.4 Å². The van der Waals surface area contributed by atoms with Crippen LogP contribution >= 0.6 is 0 Å². The summed E-state index contributed by atoms with van der Waals surface area (Å²) in [7, 11) is 0. The Morgan fingerprint density at radius 1 is 0.882 bits per heavy atom. The summed E-state index contributed by atoms with van der Waals surface area (Å²) >= 11 is 0. The summed E-state index contributed by atoms with van der Waals surface area (Å²) in [6.07, 6.45) is 0. The number of nitrogens with zero attached hydrogens (tertiary/aromatic N) is 1. The van der Waals surface area contributed by atoms with Crippen molar-refractivity contribution in [2.24, 2.45) is 0 Å². The zero-order valence-electron chi connectivity index (χ0n) is 19.4. The monoisotopic (exact) mass is 457 g/mol. The number of Topliss-reactive ketones (excluding diaryl/α,β-unsaturated/α-hetero) is 1. The zero-order chi connectivity index (χ0) is 24.2. The van der Waals surface area contributed by atoms with Crippen molar-refractivity contribution in [1.82, 2.24) is 0 Å². The van der Waals surface area contributed by atoms with Crippen LogP contribution in [0, 0.1) is 6.92 Å². The molecule has 1 saturated heterocycles. The van der Waals surface area contributed by atoms with Crippen molar-refractivity contribution in [2.45, 2.75) is 26.8 Å². The van der Waals surface area contributed by atoms with Crippen LogP contribution in [-0.4, -0.2) is 30.0 Å². The topological polar surface area (TPSA) is 76.1 Å². The van der Waals surface area contributed by atoms with E-state index < -0.39 is 17.7 Å². The van der Waals surface area contributed by atoms with E-state index in [0.717, 1.165) is 5.56 Å². The van der Waals surface area contributed by atoms with Crippen molar-refractivity contribution in [3.8, 4) is 11.5 Å². The van der Waals surface area contributed by atoms with Gasteiger partial charge in [-0.15, -0.1) is 0 Å². The molecule has 6 nitrogen and oxygen atoms in total. The van der Waals surface area contributed by atoms with Gasteiger partial charge in [0.2, 0.25) is 0 Å². The van der Waals surface area contributed by atoms with E-state index in [0.29, 0.717) is 41.5 Å². The van der Waals surface area contributed by atoms with E-state index in [1.54, 1.807) is 36.4 Å². The van der Waals surface area contributed by atoms with E-state index in [1.165, 1.54) is 4.90 Å². The maximum Gasteiger partial charge on any atom is 0.300 e. The third-order valence-corrected chi connectivity index (χ3v) is 5.65. The number of benzene rings is 3. The smallest absolute Gasteiger partial charge is 0.300 e. The van der Waals surface area contributed by atoms with Gasteiger partial charge in [0.25, 0.3) is 11.7 Å². The van der Waals surface area contributed by atoms with Crippen LogP contribution in [0.2, 0.25) is 0 Å². The second-order valence-electron chi connectivity index (χ2n) is 7.97. The van der Waals surface area contributed by atoms with Gasteiger partial charge in [-0.25, -0.2) is 0 Å². The van der Waals surface area contributed by atoms with E-state index in [2.05, 4.69) is 0 Å². The fourth-order valence-electron chi connectivity index (χ4n) is 4.16. The summed E-state index contributed by atoms with van der Waals surface area (Å²) in [5, 5.41) is 11.3. The first kappa shape index (κ1) is 23.1. The first-order valence-corrected chi connectivity index (χ1v) is 11.3. The summed E-state index contributed by atoms with van der Waals surface area (Å²) < 4.78 is 11.1. The van der Waals surface area contributed by atoms with Crippen LogP contribution < -0.4 is 14.4 Å². The predicted molar refractivity (Wildman–Crippen MR) is 131 cm³/mol. The van der Waals surface area contributed by atoms with Crippen molar-refractivity contribution in [3.63, 3.8) is 0 Å². The minimum absolute atomic E-state index is 0.0318. The number of aliphatic hydroxyl groups excluding tert-OH is 1. The third-order valence-electron chi connectivity index (χ3n) is 5.65. The highest BCUT2D eigenvalue weighted by Gasteiger charge is 2.47. The Morgan fingerprint density at radius 3 is 2.24 bits per heavy atom. The average molecular weight is 458 g/mol. The first-order valence-electron chi connectivity index (χ1n) is 11.3. The molecule has 0 bridgehead atoms. The van der Waals surface area contributed by atoms with Gasteiger partial charge in [-0.3, -0.25) is 14.5 Å². The number of ether oxygens (including phenoxy) is 2. The number of anilines is 1. The summed E-state index contributed by atoms with van der Waals surface area (Å²) in [5.74, 6) is -0.385. The molecule has 0 spiro atoms. The summed E-state index contributed by atoms with van der Waals surface area (Å²) in [4.78, 5) is 28.0. The SMILES string of the molecule is CCOc1ccc(/C(O)=C2\C(=O)C(=O)N(c3cccc(C)c3)C2c2cccc(OCC)c2)cc1. The molecule has 0 saturated carbocycles. The fourth-order valence-corrected chi connectivity index (χ4v) is 4.16. The summed E-state index contributed by atoms with van der Waals surface area (Å²) in [6, 6.07) is 20.6. The number of aryl methyl sites for hydroxylation is 1. The lowest BCUT2D eigenvalue weighted by Gasteiger charge is -2.26. The van der Waals surface area contributed by atoms with Gasteiger partial charge in [-0.2, -0.15) is 0 Å². The largest absolute Gasteiger partial charge is 0.507 e. The van der Waals surface area contributed by atoms with Crippen molar-refractivity contribution in [1.29, 1.82) is 0 Å². The lowest BCUT2D eigenvalue weighted by Crippen LogP contribution is -2.29. The molecule has 0 radical (unpaired) electrons. The van der Waals surface area contributed by atoms with Crippen molar-refractivity contribution >= 4 is 23.1 Å². The van der Waals surface area contributed by atoms with Gasteiger partial charge < -0.3 is 14.6 Å². The summed E-state index contributed by atoms with van der Waals surface area (Å²) in [6.45, 7) is 6.69. The van der Waals surface area contributed by atoms with Gasteiger partial charge in [0.1, 0.15) is 17.3 Å². The molecule has 3 aromatic carbocycles. The second-order valence-corrected chi connectivity index (χ2v) is 7.97. The van der Waals surface area contributed by atoms with Crippen molar-refractivity contribution in [2.75, 3.05) is 18.1 Å². The van der Waals surface area contributed by atoms with Crippen molar-refractivity contribution in [3.05, 3.63) is 95.1 Å². The van der Waals surface area contributed by atoms with Gasteiger partial charge in [0, 0.05) is 11.3 Å². The first-order chi connectivity index (χ1) is 16.4. The van der Waals surface area contributed by atoms with Gasteiger partial charge in [-0.05, 0) is 80.4 Å². The van der Waals surface area contributed by atoms with Gasteiger partial charge in [0.15, 0.2) is 0 Å². The highest BCUT2D eigenvalue weighted by Crippen LogP contribution is 2.43. The molecule has 0 aliphatic carbocycles. The van der Waals surface area contributed by atoms with E-state index in [1.807, 2.05) is 57.2 Å². The fraction of sp³-hybridized carbons (Fsp3) is 0.214. The molecule has 1 amide bonds. The molecule has 4 rings (SSSR count). The Kier molecular flexibility index (Phi) is 6.68. The van der Waals surface area contributed by atoms with E-state index >= 15 is 0 Å². The molecular weight excluding hydrogens is 430 g/mol. The molecule has 1 atom stereocenters. The highest BCUT2D eigenvalue weighted by molar-refractivity contribution is 6.51. The molecule has 6 heteroatoms. The maximum atomic E-state index is 13.3. The normalized spacial score (nSPS) is 17.1. The Morgan fingerprint density at radius 2 is 1.56 bits per heavy atom. The van der Waals surface area contributed by atoms with Crippen LogP contribution in [0.5, 0.6) is 11.5 Å². The van der Waals surface area contributed by atoms with E-state index in [-0.39, 0.29) is 11.3 Å². The van der Waals surface area contributed by atoms with Crippen LogP contribution in [-0.2, 0) is 9.59 Å². The van der Waals surface area contributed by atoms with Gasteiger partial charge in [0.05, 0.1) is 24.8 Å². The van der Waals surface area contributed by atoms with Crippen LogP contribution in [0.3, 0.4) is 0 Å². The van der Waals surface area contributed by atoms with Crippen molar-refractivity contribution < 1.29 is 24.2 Å². The average Bonchev–Trinajstić information content (AvgIpc) is 3.10. The number of aliphatic hydroxyl groups is 1. The Labute approximate surface area is 199 Å². The van der Waals surface area contributed by atoms with Crippen LogP contribution in [0.4, 0.5) is 5.69 Å². The van der Waals surface area contributed by atoms with E-state index in [4.69, 9.17) is 9.47 Å². The van der Waals surface area contributed by atoms with Gasteiger partial charge >= 0.3 is 0 Å². The second kappa shape index (κ2) is 9.83. The lowest BCUT2D eigenvalue weighted by molar-refractivity contribution is -0.132. The number of rotatable bonds is 7. The summed E-state index contributed by atoms with van der Waals surface area (Å²) in [5.41, 5.74) is 2.66. The molecule has 1 aliphatic heterocycles. The highest BCUT2D eigenvalue weighted by atomic mass is 16.5. The number of carbonyl (C=O) groups is 2. The number of amides is 1. The Balaban J connectivity index is 1.90. The molecule has 3 aromatic rings. The number of ketones is 1.